The summed E-state index contributed by atoms with van der Waals surface area (Å²) >= 11 is 9.42. The number of carbonyl (C=O) groups is 1. The van der Waals surface area contributed by atoms with Crippen molar-refractivity contribution in [2.75, 3.05) is 4.90 Å². The molecule has 1 aliphatic rings. The van der Waals surface area contributed by atoms with E-state index in [1.807, 2.05) is 0 Å². The molecule has 29 heavy (non-hydrogen) atoms. The number of hydrogen-bond acceptors (Lipinski definition) is 5. The monoisotopic (exact) mass is 470 g/mol. The van der Waals surface area contributed by atoms with E-state index in [2.05, 4.69) is 21.1 Å². The third-order valence-corrected chi connectivity index (χ3v) is 5.63. The maximum atomic E-state index is 13.4. The molecule has 0 radical (unpaired) electrons. The van der Waals surface area contributed by atoms with Gasteiger partial charge in [0.1, 0.15) is 11.3 Å². The van der Waals surface area contributed by atoms with Gasteiger partial charge in [-0.15, -0.1) is 0 Å². The van der Waals surface area contributed by atoms with E-state index in [-0.39, 0.29) is 16.8 Å². The SMILES string of the molecule is Cc1cc(N2C(=O)c3oc4ccc(Br)cc4c(=O)c3C2c2ccc(Cl)cc2)no1. The lowest BCUT2D eigenvalue weighted by molar-refractivity contribution is 0.0969. The number of nitrogens with zero attached hydrogens (tertiary/aromatic N) is 2. The van der Waals surface area contributed by atoms with Crippen LogP contribution in [0, 0.1) is 6.92 Å². The molecule has 0 aliphatic carbocycles. The Balaban J connectivity index is 1.83. The Labute approximate surface area is 177 Å². The van der Waals surface area contributed by atoms with Crippen LogP contribution < -0.4 is 10.3 Å². The summed E-state index contributed by atoms with van der Waals surface area (Å²) in [4.78, 5) is 28.1. The quantitative estimate of drug-likeness (QED) is 0.399. The molecule has 2 aromatic heterocycles. The molecule has 3 heterocycles. The number of benzene rings is 2. The van der Waals surface area contributed by atoms with Crippen molar-refractivity contribution in [3.8, 4) is 0 Å². The van der Waals surface area contributed by atoms with E-state index in [9.17, 15) is 9.59 Å². The smallest absolute Gasteiger partial charge is 0.296 e. The zero-order valence-electron chi connectivity index (χ0n) is 15.0. The van der Waals surface area contributed by atoms with Gasteiger partial charge in [-0.1, -0.05) is 44.8 Å². The average Bonchev–Trinajstić information content (AvgIpc) is 3.25. The van der Waals surface area contributed by atoms with E-state index in [0.717, 1.165) is 4.47 Å². The molecule has 6 nitrogen and oxygen atoms in total. The van der Waals surface area contributed by atoms with Gasteiger partial charge in [-0.25, -0.2) is 0 Å². The molecule has 8 heteroatoms. The van der Waals surface area contributed by atoms with Crippen LogP contribution in [0.5, 0.6) is 0 Å². The number of amides is 1. The van der Waals surface area contributed by atoms with Gasteiger partial charge in [0.2, 0.25) is 5.76 Å². The fraction of sp³-hybridized carbons (Fsp3) is 0.0952. The van der Waals surface area contributed by atoms with Crippen LogP contribution in [0.3, 0.4) is 0 Å². The number of rotatable bonds is 2. The summed E-state index contributed by atoms with van der Waals surface area (Å²) in [6.45, 7) is 1.73. The van der Waals surface area contributed by atoms with E-state index in [1.165, 1.54) is 4.90 Å². The molecule has 5 rings (SSSR count). The van der Waals surface area contributed by atoms with Gasteiger partial charge in [0.25, 0.3) is 5.91 Å². The third-order valence-electron chi connectivity index (χ3n) is 4.88. The highest BCUT2D eigenvalue weighted by Gasteiger charge is 2.44. The van der Waals surface area contributed by atoms with E-state index < -0.39 is 11.9 Å². The van der Waals surface area contributed by atoms with Crippen LogP contribution in [0.1, 0.15) is 33.5 Å². The molecule has 144 valence electrons. The number of aromatic nitrogens is 1. The van der Waals surface area contributed by atoms with Crippen LogP contribution in [0.15, 0.2) is 66.7 Å². The van der Waals surface area contributed by atoms with Gasteiger partial charge in [0.15, 0.2) is 11.2 Å². The zero-order chi connectivity index (χ0) is 20.3. The molecular weight excluding hydrogens is 460 g/mol. The van der Waals surface area contributed by atoms with E-state index in [1.54, 1.807) is 55.5 Å². The van der Waals surface area contributed by atoms with Gasteiger partial charge < -0.3 is 8.94 Å². The fourth-order valence-electron chi connectivity index (χ4n) is 3.61. The van der Waals surface area contributed by atoms with Crippen LogP contribution in [-0.4, -0.2) is 11.1 Å². The van der Waals surface area contributed by atoms with Crippen LogP contribution in [0.4, 0.5) is 5.82 Å². The summed E-state index contributed by atoms with van der Waals surface area (Å²) < 4.78 is 11.8. The second kappa shape index (κ2) is 6.57. The van der Waals surface area contributed by atoms with Crippen molar-refractivity contribution in [1.82, 2.24) is 5.16 Å². The minimum Gasteiger partial charge on any atom is -0.450 e. The number of halogens is 2. The number of aryl methyl sites for hydroxylation is 1. The molecule has 1 amide bonds. The van der Waals surface area contributed by atoms with Gasteiger partial charge in [0.05, 0.1) is 17.0 Å². The maximum absolute atomic E-state index is 13.4. The summed E-state index contributed by atoms with van der Waals surface area (Å²) in [5.74, 6) is 0.413. The largest absolute Gasteiger partial charge is 0.450 e. The number of anilines is 1. The maximum Gasteiger partial charge on any atom is 0.296 e. The minimum atomic E-state index is -0.709. The van der Waals surface area contributed by atoms with Crippen molar-refractivity contribution in [3.05, 3.63) is 90.9 Å². The Hall–Kier alpha value is -2.90. The third kappa shape index (κ3) is 2.81. The Kier molecular flexibility index (Phi) is 4.11. The topological polar surface area (TPSA) is 76.6 Å². The summed E-state index contributed by atoms with van der Waals surface area (Å²) in [7, 11) is 0. The lowest BCUT2D eigenvalue weighted by atomic mass is 9.98. The van der Waals surface area contributed by atoms with Crippen molar-refractivity contribution in [1.29, 1.82) is 0 Å². The van der Waals surface area contributed by atoms with E-state index >= 15 is 0 Å². The van der Waals surface area contributed by atoms with Crippen molar-refractivity contribution in [2.24, 2.45) is 0 Å². The summed E-state index contributed by atoms with van der Waals surface area (Å²) in [6.07, 6.45) is 0. The molecule has 0 N–H and O–H groups in total. The molecule has 0 saturated carbocycles. The van der Waals surface area contributed by atoms with Gasteiger partial charge >= 0.3 is 0 Å². The second-order valence-electron chi connectivity index (χ2n) is 6.74. The van der Waals surface area contributed by atoms with Crippen LogP contribution >= 0.6 is 27.5 Å². The molecule has 4 aromatic rings. The molecule has 0 spiro atoms. The molecule has 0 saturated heterocycles. The normalized spacial score (nSPS) is 15.9. The number of fused-ring (bicyclic) bond motifs is 2. The standard InChI is InChI=1S/C21H12BrClN2O4/c1-10-8-16(24-29-10)25-18(11-2-5-13(23)6-3-11)17-19(26)14-9-12(22)4-7-15(14)28-20(17)21(25)27/h2-9,18H,1H3. The first-order valence-corrected chi connectivity index (χ1v) is 9.90. The van der Waals surface area contributed by atoms with Crippen LogP contribution in [0.25, 0.3) is 11.0 Å². The van der Waals surface area contributed by atoms with Gasteiger partial charge in [-0.3, -0.25) is 14.5 Å². The molecule has 1 aliphatic heterocycles. The molecule has 1 atom stereocenters. The van der Waals surface area contributed by atoms with Gasteiger partial charge in [-0.2, -0.15) is 0 Å². The lowest BCUT2D eigenvalue weighted by Crippen LogP contribution is -2.29. The average molecular weight is 472 g/mol. The predicted molar refractivity (Wildman–Crippen MR) is 112 cm³/mol. The van der Waals surface area contributed by atoms with E-state index in [0.29, 0.717) is 33.1 Å². The van der Waals surface area contributed by atoms with Crippen molar-refractivity contribution < 1.29 is 13.7 Å². The Morgan fingerprint density at radius 3 is 2.55 bits per heavy atom. The Morgan fingerprint density at radius 2 is 1.86 bits per heavy atom. The van der Waals surface area contributed by atoms with Gasteiger partial charge in [0, 0.05) is 15.6 Å². The first-order chi connectivity index (χ1) is 13.9. The van der Waals surface area contributed by atoms with Crippen molar-refractivity contribution in [2.45, 2.75) is 13.0 Å². The fourth-order valence-corrected chi connectivity index (χ4v) is 4.10. The highest BCUT2D eigenvalue weighted by atomic mass is 79.9. The predicted octanol–water partition coefficient (Wildman–Crippen LogP) is 5.26. The molecule has 0 fully saturated rings. The lowest BCUT2D eigenvalue weighted by Gasteiger charge is -2.22. The summed E-state index contributed by atoms with van der Waals surface area (Å²) in [6, 6.07) is 13.0. The van der Waals surface area contributed by atoms with Crippen LogP contribution in [0.2, 0.25) is 5.02 Å². The molecule has 0 bridgehead atoms. The molecule has 1 unspecified atom stereocenters. The Bertz CT molecular complexity index is 1340. The van der Waals surface area contributed by atoms with Crippen molar-refractivity contribution >= 4 is 50.2 Å². The van der Waals surface area contributed by atoms with Crippen molar-refractivity contribution in [3.63, 3.8) is 0 Å². The highest BCUT2D eigenvalue weighted by Crippen LogP contribution is 2.41. The summed E-state index contributed by atoms with van der Waals surface area (Å²) in [5.41, 5.74) is 1.06. The first kappa shape index (κ1) is 18.1. The zero-order valence-corrected chi connectivity index (χ0v) is 17.3. The van der Waals surface area contributed by atoms with E-state index in [4.69, 9.17) is 20.5 Å². The number of hydrogen-bond donors (Lipinski definition) is 0. The Morgan fingerprint density at radius 1 is 1.10 bits per heavy atom. The minimum absolute atomic E-state index is 0.00502. The highest BCUT2D eigenvalue weighted by molar-refractivity contribution is 9.10. The molecular formula is C21H12BrClN2O4. The van der Waals surface area contributed by atoms with Gasteiger partial charge in [-0.05, 0) is 42.8 Å². The second-order valence-corrected chi connectivity index (χ2v) is 8.09. The first-order valence-electron chi connectivity index (χ1n) is 8.72. The van der Waals surface area contributed by atoms with Crippen LogP contribution in [-0.2, 0) is 0 Å². The summed E-state index contributed by atoms with van der Waals surface area (Å²) in [5, 5.41) is 4.93. The molecule has 2 aromatic carbocycles. The number of carbonyl (C=O) groups excluding carboxylic acids is 1.